The third-order valence-electron chi connectivity index (χ3n) is 8.97. The van der Waals surface area contributed by atoms with Gasteiger partial charge in [-0.25, -0.2) is 19.9 Å². The smallest absolute Gasteiger partial charge is 0.351 e. The number of aromatic nitrogens is 3. The fraction of sp³-hybridized carbons (Fsp3) is 0.0263. The van der Waals surface area contributed by atoms with Gasteiger partial charge in [-0.1, -0.05) is 24.3 Å². The SMILES string of the molecule is Cc1cc(S(=O)(=O)O)c2cccc(S(=O)(=O)O)c2c1.N=Nc1ccc(Nc2nc(Nc3ccc(N)c(NC(N)=O)c3)nc(=O)[nH]2)cc1NC(N)=O.Nc1cc(S(=O)(=O)O)c2cccc(S(=O)(=O)O)c2c1. The zero-order chi connectivity index (χ0) is 52.1. The minimum Gasteiger partial charge on any atom is -0.399 e. The molecule has 0 aliphatic carbocycles. The van der Waals surface area contributed by atoms with Crippen molar-refractivity contribution in [3.63, 3.8) is 0 Å². The summed E-state index contributed by atoms with van der Waals surface area (Å²) in [5.41, 5.74) is 30.1. The maximum Gasteiger partial charge on any atom is 0.351 e. The fourth-order valence-electron chi connectivity index (χ4n) is 6.27. The molecule has 1 heterocycles. The van der Waals surface area contributed by atoms with Crippen molar-refractivity contribution < 1.29 is 61.5 Å². The van der Waals surface area contributed by atoms with E-state index in [0.717, 1.165) is 18.2 Å². The predicted molar refractivity (Wildman–Crippen MR) is 254 cm³/mol. The molecule has 18 N–H and O–H groups in total. The number of primary amides is 2. The van der Waals surface area contributed by atoms with E-state index in [1.54, 1.807) is 19.1 Å². The summed E-state index contributed by atoms with van der Waals surface area (Å²) in [5.74, 6) is -0.0293. The van der Waals surface area contributed by atoms with Crippen LogP contribution >= 0.6 is 0 Å². The van der Waals surface area contributed by atoms with Crippen LogP contribution < -0.4 is 49.9 Å². The van der Waals surface area contributed by atoms with Gasteiger partial charge in [0.25, 0.3) is 40.5 Å². The van der Waals surface area contributed by atoms with E-state index in [-0.39, 0.29) is 61.9 Å². The molecule has 0 fully saturated rings. The number of rotatable bonds is 11. The van der Waals surface area contributed by atoms with Crippen LogP contribution in [0, 0.1) is 12.5 Å². The van der Waals surface area contributed by atoms with Crippen molar-refractivity contribution in [2.75, 3.05) is 32.7 Å². The van der Waals surface area contributed by atoms with Crippen LogP contribution in [0.4, 0.5) is 61.3 Å². The molecule has 0 atom stereocenters. The Hall–Kier alpha value is -8.37. The molecule has 7 rings (SSSR count). The number of aryl methyl sites for hydroxylation is 1. The predicted octanol–water partition coefficient (Wildman–Crippen LogP) is 4.43. The lowest BCUT2D eigenvalue weighted by atomic mass is 10.1. The Morgan fingerprint density at radius 3 is 1.61 bits per heavy atom. The molecule has 0 radical (unpaired) electrons. The Morgan fingerprint density at radius 2 is 1.09 bits per heavy atom. The number of nitrogens with one attached hydrogen (secondary N) is 6. The standard InChI is InChI=1S/C17H18N12O3.C11H10O6S2.C10H9NO6S2/c18-9-3-1-7(5-11(9)24-13(19)30)22-15-26-16(28-17(32)27-15)23-8-2-4-10(29-21)12(6-8)25-14(20)31;1-7-5-9-8(11(6-7)19(15,16)17)3-2-4-10(9)18(12,13)14;11-6-4-8-7(10(5-6)19(15,16)17)2-1-3-9(8)18(12,13)14/h1-6,21H,18H2,(H3,19,24,30)(H3,20,25,31)(H3,22,23,26,27,28,32);2-6H,1H3,(H,12,13,14)(H,15,16,17);1-5H,11H2,(H,12,13,14)(H,15,16,17). The highest BCUT2D eigenvalue weighted by molar-refractivity contribution is 7.87. The first-order chi connectivity index (χ1) is 32.4. The Bertz CT molecular complexity index is 3630. The molecule has 4 amide bonds. The van der Waals surface area contributed by atoms with Crippen molar-refractivity contribution in [1.29, 1.82) is 5.53 Å². The molecule has 0 unspecified atom stereocenters. The third-order valence-corrected chi connectivity index (χ3v) is 12.6. The van der Waals surface area contributed by atoms with Gasteiger partial charge < -0.3 is 44.2 Å². The summed E-state index contributed by atoms with van der Waals surface area (Å²) < 4.78 is 127. The number of hydrogen-bond acceptors (Lipinski definition) is 19. The summed E-state index contributed by atoms with van der Waals surface area (Å²) in [7, 11) is -18.1. The Labute approximate surface area is 395 Å². The molecule has 368 valence electrons. The molecule has 0 saturated carbocycles. The normalized spacial score (nSPS) is 11.6. The first-order valence-electron chi connectivity index (χ1n) is 18.8. The molecule has 7 aromatic rings. The van der Waals surface area contributed by atoms with Gasteiger partial charge in [0.15, 0.2) is 0 Å². The van der Waals surface area contributed by atoms with Gasteiger partial charge in [0.2, 0.25) is 11.9 Å². The first-order valence-corrected chi connectivity index (χ1v) is 24.5. The maximum absolute atomic E-state index is 12.0. The van der Waals surface area contributed by atoms with Crippen LogP contribution in [0.15, 0.2) is 127 Å². The van der Waals surface area contributed by atoms with Gasteiger partial charge in [0, 0.05) is 38.6 Å². The van der Waals surface area contributed by atoms with Crippen LogP contribution in [0.25, 0.3) is 21.5 Å². The number of amides is 4. The van der Waals surface area contributed by atoms with Crippen molar-refractivity contribution in [2.45, 2.75) is 26.5 Å². The summed E-state index contributed by atoms with van der Waals surface area (Å²) in [4.78, 5) is 42.7. The summed E-state index contributed by atoms with van der Waals surface area (Å²) in [6.07, 6.45) is 0. The van der Waals surface area contributed by atoms with Crippen molar-refractivity contribution in [2.24, 2.45) is 16.6 Å². The van der Waals surface area contributed by atoms with Gasteiger partial charge in [-0.3, -0.25) is 23.2 Å². The van der Waals surface area contributed by atoms with Crippen molar-refractivity contribution >= 4 is 126 Å². The van der Waals surface area contributed by atoms with Crippen LogP contribution in [0.1, 0.15) is 5.56 Å². The molecule has 0 bridgehead atoms. The second-order valence-electron chi connectivity index (χ2n) is 14.1. The van der Waals surface area contributed by atoms with Crippen LogP contribution in [0.5, 0.6) is 0 Å². The first kappa shape index (κ1) is 52.6. The Kier molecular flexibility index (Phi) is 15.4. The van der Waals surface area contributed by atoms with Crippen LogP contribution in [-0.4, -0.2) is 78.9 Å². The van der Waals surface area contributed by atoms with Gasteiger partial charge >= 0.3 is 17.8 Å². The molecular weight excluding hydrogens is 1010 g/mol. The monoisotopic (exact) mass is 1040 g/mol. The minimum atomic E-state index is -4.57. The number of benzene rings is 6. The van der Waals surface area contributed by atoms with Crippen LogP contribution in [-0.2, 0) is 40.5 Å². The number of nitrogen functional groups attached to an aromatic ring is 2. The van der Waals surface area contributed by atoms with E-state index in [9.17, 15) is 48.1 Å². The summed E-state index contributed by atoms with van der Waals surface area (Å²) in [6, 6.07) is 19.7. The molecule has 28 nitrogen and oxygen atoms in total. The lowest BCUT2D eigenvalue weighted by Crippen LogP contribution is -2.20. The molecule has 70 heavy (non-hydrogen) atoms. The van der Waals surface area contributed by atoms with Gasteiger partial charge in [-0.15, -0.1) is 0 Å². The van der Waals surface area contributed by atoms with Crippen LogP contribution in [0.3, 0.4) is 0 Å². The zero-order valence-corrected chi connectivity index (χ0v) is 38.6. The highest BCUT2D eigenvalue weighted by Gasteiger charge is 2.22. The Morgan fingerprint density at radius 1 is 0.600 bits per heavy atom. The molecule has 0 aliphatic heterocycles. The second-order valence-corrected chi connectivity index (χ2v) is 19.6. The van der Waals surface area contributed by atoms with E-state index in [4.69, 9.17) is 46.7 Å². The average Bonchev–Trinajstić information content (AvgIpc) is 3.22. The number of carbonyl (C=O) groups is 2. The average molecular weight is 1040 g/mol. The van der Waals surface area contributed by atoms with Crippen molar-refractivity contribution in [1.82, 2.24) is 15.0 Å². The minimum absolute atomic E-state index is 0.0269. The summed E-state index contributed by atoms with van der Waals surface area (Å²) in [5, 5.41) is 13.6. The Balaban J connectivity index is 0.000000207. The summed E-state index contributed by atoms with van der Waals surface area (Å²) >= 11 is 0. The number of nitrogens with zero attached hydrogens (tertiary/aromatic N) is 3. The van der Waals surface area contributed by atoms with E-state index in [1.807, 2.05) is 0 Å². The van der Waals surface area contributed by atoms with E-state index >= 15 is 0 Å². The number of carbonyl (C=O) groups excluding carboxylic acids is 2. The van der Waals surface area contributed by atoms with Gasteiger partial charge in [-0.05, 0) is 85.3 Å². The summed E-state index contributed by atoms with van der Waals surface area (Å²) in [6.45, 7) is 1.55. The van der Waals surface area contributed by atoms with E-state index in [2.05, 4.69) is 41.3 Å². The molecule has 0 saturated heterocycles. The fourth-order valence-corrected chi connectivity index (χ4v) is 9.19. The highest BCUT2D eigenvalue weighted by atomic mass is 32.2. The van der Waals surface area contributed by atoms with Crippen molar-refractivity contribution in [3.8, 4) is 0 Å². The van der Waals surface area contributed by atoms with Crippen molar-refractivity contribution in [3.05, 3.63) is 113 Å². The number of nitrogens with two attached hydrogens (primary N) is 4. The van der Waals surface area contributed by atoms with Gasteiger partial charge in [-0.2, -0.15) is 48.8 Å². The molecule has 0 aliphatic rings. The molecule has 1 aromatic heterocycles. The number of fused-ring (bicyclic) bond motifs is 2. The lowest BCUT2D eigenvalue weighted by molar-refractivity contribution is 0.258. The van der Waals surface area contributed by atoms with E-state index in [0.29, 0.717) is 16.9 Å². The number of hydrogen-bond donors (Lipinski definition) is 14. The van der Waals surface area contributed by atoms with Crippen LogP contribution in [0.2, 0.25) is 0 Å². The zero-order valence-electron chi connectivity index (χ0n) is 35.3. The third kappa shape index (κ3) is 13.4. The topological polar surface area (TPSA) is 499 Å². The maximum atomic E-state index is 12.0. The quantitative estimate of drug-likeness (QED) is 0.0484. The number of anilines is 8. The molecule has 6 aromatic carbocycles. The number of H-pyrrole nitrogens is 1. The van der Waals surface area contributed by atoms with Gasteiger partial charge in [0.1, 0.15) is 25.3 Å². The largest absolute Gasteiger partial charge is 0.399 e. The number of urea groups is 2. The number of aromatic amines is 1. The van der Waals surface area contributed by atoms with E-state index < -0.39 is 77.8 Å². The molecule has 0 spiro atoms. The molecule has 32 heteroatoms. The highest BCUT2D eigenvalue weighted by Crippen LogP contribution is 2.33. The molecular formula is C38H37N13O15S4. The van der Waals surface area contributed by atoms with Gasteiger partial charge in [0.05, 0.1) is 17.1 Å². The second kappa shape index (κ2) is 20.5. The lowest BCUT2D eigenvalue weighted by Gasteiger charge is -2.12. The van der Waals surface area contributed by atoms with E-state index in [1.165, 1.54) is 66.7 Å².